The number of benzene rings is 2. The van der Waals surface area contributed by atoms with Crippen LogP contribution in [0.4, 0.5) is 4.39 Å². The summed E-state index contributed by atoms with van der Waals surface area (Å²) in [6.45, 7) is -0.117. The molecule has 2 aromatic carbocycles. The summed E-state index contributed by atoms with van der Waals surface area (Å²) < 4.78 is 15.8. The van der Waals surface area contributed by atoms with Gasteiger partial charge in [0.05, 0.1) is 23.4 Å². The molecule has 0 saturated heterocycles. The Hall–Kier alpha value is -3.73. The van der Waals surface area contributed by atoms with Crippen LogP contribution >= 0.6 is 11.6 Å². The van der Waals surface area contributed by atoms with Crippen molar-refractivity contribution in [2.45, 2.75) is 44.4 Å². The van der Waals surface area contributed by atoms with Crippen LogP contribution in [0, 0.1) is 23.7 Å². The van der Waals surface area contributed by atoms with Gasteiger partial charge in [0.1, 0.15) is 5.82 Å². The first-order valence-corrected chi connectivity index (χ1v) is 12.6. The number of carbonyl (C=O) groups is 2. The number of nitrogens with zero attached hydrogens (tertiary/aromatic N) is 2. The van der Waals surface area contributed by atoms with Crippen molar-refractivity contribution in [1.29, 1.82) is 0 Å². The molecule has 1 atom stereocenters. The molecule has 3 aromatic rings. The van der Waals surface area contributed by atoms with Gasteiger partial charge in [-0.3, -0.25) is 19.5 Å². The summed E-state index contributed by atoms with van der Waals surface area (Å²) in [7, 11) is 0. The molecule has 37 heavy (non-hydrogen) atoms. The molecule has 3 N–H and O–H groups in total. The van der Waals surface area contributed by atoms with Crippen LogP contribution in [-0.2, 0) is 12.3 Å². The quantitative estimate of drug-likeness (QED) is 0.289. The Balaban J connectivity index is 1.60. The van der Waals surface area contributed by atoms with Gasteiger partial charge in [-0.1, -0.05) is 43.0 Å². The maximum absolute atomic E-state index is 15.8. The number of Topliss-reactive ketones (excluding diaryl/α,β-unsaturated/α-hetero) is 1. The van der Waals surface area contributed by atoms with E-state index >= 15 is 4.39 Å². The van der Waals surface area contributed by atoms with E-state index in [1.165, 1.54) is 12.3 Å². The molecular weight excluding hydrogens is 493 g/mol. The number of fused-ring (bicyclic) bond motifs is 1. The Kier molecular flexibility index (Phi) is 6.72. The number of amides is 1. The van der Waals surface area contributed by atoms with E-state index in [1.807, 2.05) is 0 Å². The minimum Gasteiger partial charge on any atom is -0.363 e. The zero-order chi connectivity index (χ0) is 26.2. The highest BCUT2D eigenvalue weighted by Crippen LogP contribution is 2.45. The van der Waals surface area contributed by atoms with E-state index in [1.54, 1.807) is 36.4 Å². The fourth-order valence-electron chi connectivity index (χ4n) is 5.31. The third kappa shape index (κ3) is 4.48. The smallest absolute Gasteiger partial charge is 0.257 e. The average molecular weight is 518 g/mol. The predicted octanol–water partition coefficient (Wildman–Crippen LogP) is 4.75. The number of aliphatic hydroxyl groups is 1. The van der Waals surface area contributed by atoms with Gasteiger partial charge in [-0.2, -0.15) is 0 Å². The third-order valence-electron chi connectivity index (χ3n) is 7.17. The lowest BCUT2D eigenvalue weighted by molar-refractivity contribution is -0.0567. The number of halogens is 2. The van der Waals surface area contributed by atoms with Gasteiger partial charge < -0.3 is 10.8 Å². The molecule has 1 fully saturated rings. The molecule has 1 amide bonds. The van der Waals surface area contributed by atoms with E-state index in [4.69, 9.17) is 17.3 Å². The molecule has 2 aliphatic rings. The molecule has 1 saturated carbocycles. The molecule has 5 rings (SSSR count). The number of carbonyl (C=O) groups excluding carboxylic acids is 2. The van der Waals surface area contributed by atoms with Crippen molar-refractivity contribution in [3.63, 3.8) is 0 Å². The normalized spacial score (nSPS) is 19.3. The minimum atomic E-state index is -2.13. The Bertz CT molecular complexity index is 1420. The first-order chi connectivity index (χ1) is 17.8. The predicted molar refractivity (Wildman–Crippen MR) is 137 cm³/mol. The van der Waals surface area contributed by atoms with E-state index < -0.39 is 17.4 Å². The highest BCUT2D eigenvalue weighted by Gasteiger charge is 2.52. The van der Waals surface area contributed by atoms with Crippen LogP contribution < -0.4 is 5.73 Å². The van der Waals surface area contributed by atoms with Crippen LogP contribution in [0.25, 0.3) is 0 Å². The van der Waals surface area contributed by atoms with Gasteiger partial charge in [-0.15, -0.1) is 0 Å². The van der Waals surface area contributed by atoms with E-state index in [0.717, 1.165) is 43.1 Å². The molecule has 0 bridgehead atoms. The molecular formula is C29H25ClFN3O3. The first kappa shape index (κ1) is 24.9. The Morgan fingerprint density at radius 1 is 1.16 bits per heavy atom. The van der Waals surface area contributed by atoms with E-state index in [0.29, 0.717) is 16.3 Å². The van der Waals surface area contributed by atoms with Crippen LogP contribution in [0.2, 0.25) is 5.02 Å². The second kappa shape index (κ2) is 9.97. The maximum Gasteiger partial charge on any atom is 0.257 e. The summed E-state index contributed by atoms with van der Waals surface area (Å²) >= 11 is 6.06. The molecule has 0 spiro atoms. The molecule has 1 aliphatic carbocycles. The Morgan fingerprint density at radius 2 is 1.89 bits per heavy atom. The Labute approximate surface area is 219 Å². The number of hydrogen-bond donors (Lipinski definition) is 2. The summed E-state index contributed by atoms with van der Waals surface area (Å²) in [6, 6.07) is 14.4. The van der Waals surface area contributed by atoms with Gasteiger partial charge in [-0.25, -0.2) is 4.39 Å². The van der Waals surface area contributed by atoms with E-state index in [-0.39, 0.29) is 40.5 Å². The monoisotopic (exact) mass is 517 g/mol. The minimum absolute atomic E-state index is 0.0396. The van der Waals surface area contributed by atoms with Gasteiger partial charge in [0, 0.05) is 39.9 Å². The van der Waals surface area contributed by atoms with E-state index in [2.05, 4.69) is 16.9 Å². The highest BCUT2D eigenvalue weighted by atomic mass is 35.5. The van der Waals surface area contributed by atoms with Gasteiger partial charge in [-0.05, 0) is 55.2 Å². The summed E-state index contributed by atoms with van der Waals surface area (Å²) in [6.07, 6.45) is 6.00. The average Bonchev–Trinajstić information content (AvgIpc) is 3.13. The lowest BCUT2D eigenvalue weighted by atomic mass is 9.83. The van der Waals surface area contributed by atoms with Crippen LogP contribution in [0.3, 0.4) is 0 Å². The molecule has 2 heterocycles. The van der Waals surface area contributed by atoms with Gasteiger partial charge >= 0.3 is 0 Å². The second-order valence-corrected chi connectivity index (χ2v) is 9.89. The lowest BCUT2D eigenvalue weighted by Gasteiger charge is -2.34. The van der Waals surface area contributed by atoms with Crippen molar-refractivity contribution in [1.82, 2.24) is 9.88 Å². The van der Waals surface area contributed by atoms with Crippen molar-refractivity contribution >= 4 is 23.3 Å². The summed E-state index contributed by atoms with van der Waals surface area (Å²) in [5, 5.41) is 12.5. The van der Waals surface area contributed by atoms with Gasteiger partial charge in [0.15, 0.2) is 11.5 Å². The Morgan fingerprint density at radius 3 is 2.54 bits per heavy atom. The van der Waals surface area contributed by atoms with Gasteiger partial charge in [0.25, 0.3) is 5.91 Å². The number of pyridine rings is 1. The van der Waals surface area contributed by atoms with Gasteiger partial charge in [0.2, 0.25) is 0 Å². The number of hydrogen-bond acceptors (Lipinski definition) is 5. The molecule has 6 nitrogen and oxygen atoms in total. The molecule has 8 heteroatoms. The maximum atomic E-state index is 15.8. The van der Waals surface area contributed by atoms with Crippen LogP contribution in [-0.4, -0.2) is 26.7 Å². The second-order valence-electron chi connectivity index (χ2n) is 9.46. The molecule has 0 radical (unpaired) electrons. The molecule has 1 unspecified atom stereocenters. The third-order valence-corrected chi connectivity index (χ3v) is 7.43. The number of nitrogens with two attached hydrogens (primary N) is 1. The van der Waals surface area contributed by atoms with Crippen LogP contribution in [0.15, 0.2) is 54.7 Å². The topological polar surface area (TPSA) is 96.5 Å². The SMILES string of the molecule is NC#Cc1ccc(CN2C(=O)c3cc(C(=O)C4CCCCC4)cc(F)c3C2(O)c2ccc(Cl)cc2)nc1. The molecule has 188 valence electrons. The van der Waals surface area contributed by atoms with Crippen molar-refractivity contribution in [3.8, 4) is 12.0 Å². The fourth-order valence-corrected chi connectivity index (χ4v) is 5.43. The van der Waals surface area contributed by atoms with Crippen LogP contribution in [0.1, 0.15) is 75.2 Å². The zero-order valence-electron chi connectivity index (χ0n) is 20.0. The first-order valence-electron chi connectivity index (χ1n) is 12.2. The number of rotatable bonds is 5. The molecule has 1 aliphatic heterocycles. The number of aromatic nitrogens is 1. The van der Waals surface area contributed by atoms with Crippen LogP contribution in [0.5, 0.6) is 0 Å². The summed E-state index contributed by atoms with van der Waals surface area (Å²) in [5.74, 6) is 0.925. The fraction of sp³-hybridized carbons (Fsp3) is 0.276. The largest absolute Gasteiger partial charge is 0.363 e. The summed E-state index contributed by atoms with van der Waals surface area (Å²) in [5.41, 5.74) is 4.36. The van der Waals surface area contributed by atoms with Crippen molar-refractivity contribution in [2.75, 3.05) is 0 Å². The zero-order valence-corrected chi connectivity index (χ0v) is 20.8. The van der Waals surface area contributed by atoms with Crippen molar-refractivity contribution in [3.05, 3.63) is 99.1 Å². The van der Waals surface area contributed by atoms with E-state index in [9.17, 15) is 14.7 Å². The van der Waals surface area contributed by atoms with Crippen molar-refractivity contribution < 1.29 is 19.1 Å². The van der Waals surface area contributed by atoms with Crippen molar-refractivity contribution in [2.24, 2.45) is 11.7 Å². The standard InChI is InChI=1S/C29H25ClFN3O3/c30-22-9-7-21(8-10-22)29(37)26-24(14-20(15-25(26)31)27(35)19-4-2-1-3-5-19)28(36)34(29)17-23-11-6-18(12-13-32)16-33-23/h6-11,14-16,19,37H,1-5,17,32H2. The summed E-state index contributed by atoms with van der Waals surface area (Å²) in [4.78, 5) is 32.4. The highest BCUT2D eigenvalue weighted by molar-refractivity contribution is 6.30. The lowest BCUT2D eigenvalue weighted by Crippen LogP contribution is -2.44. The number of ketones is 1. The molecule has 1 aromatic heterocycles.